The molecule has 0 radical (unpaired) electrons. The Bertz CT molecular complexity index is 371. The molecule has 0 saturated carbocycles. The summed E-state index contributed by atoms with van der Waals surface area (Å²) >= 11 is 1.82. The minimum absolute atomic E-state index is 0.259. The van der Waals surface area contributed by atoms with Crippen molar-refractivity contribution in [1.29, 1.82) is 0 Å². The Morgan fingerprint density at radius 2 is 2.21 bits per heavy atom. The van der Waals surface area contributed by atoms with Crippen LogP contribution in [0.25, 0.3) is 0 Å². The van der Waals surface area contributed by atoms with E-state index in [0.717, 1.165) is 26.1 Å². The van der Waals surface area contributed by atoms with Gasteiger partial charge in [0.2, 0.25) is 0 Å². The maximum absolute atomic E-state index is 8.92. The van der Waals surface area contributed by atoms with Gasteiger partial charge in [0, 0.05) is 37.0 Å². The summed E-state index contributed by atoms with van der Waals surface area (Å²) in [6.45, 7) is 7.05. The third-order valence-electron chi connectivity index (χ3n) is 2.99. The van der Waals surface area contributed by atoms with Crippen LogP contribution in [0.4, 0.5) is 0 Å². The number of aryl methyl sites for hydroxylation is 1. The molecule has 1 aromatic rings. The minimum Gasteiger partial charge on any atom is -0.396 e. The molecule has 0 aromatic heterocycles. The molecule has 0 saturated heterocycles. The summed E-state index contributed by atoms with van der Waals surface area (Å²) in [5, 5.41) is 12.7. The number of hydrogen-bond donors (Lipinski definition) is 2. The Labute approximate surface area is 120 Å². The molecule has 0 aliphatic carbocycles. The SMILES string of the molecule is COCCNCc1ccc(SC(C)CCO)cc1C. The van der Waals surface area contributed by atoms with Gasteiger partial charge in [0.1, 0.15) is 0 Å². The second-order valence-corrected chi connectivity index (χ2v) is 6.21. The van der Waals surface area contributed by atoms with E-state index < -0.39 is 0 Å². The van der Waals surface area contributed by atoms with Gasteiger partial charge in [-0.05, 0) is 36.6 Å². The Hall–Kier alpha value is -0.550. The number of methoxy groups -OCH3 is 1. The van der Waals surface area contributed by atoms with E-state index in [2.05, 4.69) is 37.4 Å². The number of thioether (sulfide) groups is 1. The third kappa shape index (κ3) is 6.43. The molecular formula is C15H25NO2S. The van der Waals surface area contributed by atoms with E-state index >= 15 is 0 Å². The zero-order valence-corrected chi connectivity index (χ0v) is 12.9. The number of hydrogen-bond acceptors (Lipinski definition) is 4. The minimum atomic E-state index is 0.259. The second-order valence-electron chi connectivity index (χ2n) is 4.70. The van der Waals surface area contributed by atoms with Crippen molar-refractivity contribution in [3.05, 3.63) is 29.3 Å². The van der Waals surface area contributed by atoms with Crippen molar-refractivity contribution in [2.24, 2.45) is 0 Å². The summed E-state index contributed by atoms with van der Waals surface area (Å²) in [5.41, 5.74) is 2.64. The average molecular weight is 283 g/mol. The lowest BCUT2D eigenvalue weighted by Gasteiger charge is -2.12. The average Bonchev–Trinajstić information content (AvgIpc) is 2.37. The summed E-state index contributed by atoms with van der Waals surface area (Å²) < 4.78 is 5.01. The van der Waals surface area contributed by atoms with Crippen molar-refractivity contribution < 1.29 is 9.84 Å². The monoisotopic (exact) mass is 283 g/mol. The topological polar surface area (TPSA) is 41.5 Å². The smallest absolute Gasteiger partial charge is 0.0587 e. The Morgan fingerprint density at radius 3 is 2.84 bits per heavy atom. The molecule has 1 unspecified atom stereocenters. The van der Waals surface area contributed by atoms with Crippen LogP contribution in [0.5, 0.6) is 0 Å². The van der Waals surface area contributed by atoms with Crippen LogP contribution in [0.1, 0.15) is 24.5 Å². The zero-order valence-electron chi connectivity index (χ0n) is 12.1. The van der Waals surface area contributed by atoms with Crippen molar-refractivity contribution >= 4 is 11.8 Å². The van der Waals surface area contributed by atoms with Crippen molar-refractivity contribution in [1.82, 2.24) is 5.32 Å². The van der Waals surface area contributed by atoms with Crippen molar-refractivity contribution in [2.45, 2.75) is 37.0 Å². The molecule has 1 atom stereocenters. The predicted molar refractivity (Wildman–Crippen MR) is 81.8 cm³/mol. The van der Waals surface area contributed by atoms with Crippen LogP contribution >= 0.6 is 11.8 Å². The summed E-state index contributed by atoms with van der Waals surface area (Å²) in [7, 11) is 1.71. The van der Waals surface area contributed by atoms with E-state index in [1.807, 2.05) is 11.8 Å². The molecule has 108 valence electrons. The van der Waals surface area contributed by atoms with Crippen LogP contribution in [0.15, 0.2) is 23.1 Å². The summed E-state index contributed by atoms with van der Waals surface area (Å²) in [6, 6.07) is 6.58. The molecular weight excluding hydrogens is 258 g/mol. The van der Waals surface area contributed by atoms with Crippen LogP contribution in [-0.2, 0) is 11.3 Å². The van der Waals surface area contributed by atoms with E-state index in [0.29, 0.717) is 5.25 Å². The highest BCUT2D eigenvalue weighted by Crippen LogP contribution is 2.26. The highest BCUT2D eigenvalue weighted by molar-refractivity contribution is 7.99. The molecule has 1 aromatic carbocycles. The first-order valence-electron chi connectivity index (χ1n) is 6.74. The van der Waals surface area contributed by atoms with Gasteiger partial charge in [-0.15, -0.1) is 11.8 Å². The van der Waals surface area contributed by atoms with Crippen LogP contribution < -0.4 is 5.32 Å². The largest absolute Gasteiger partial charge is 0.396 e. The fourth-order valence-corrected chi connectivity index (χ4v) is 2.89. The standard InChI is InChI=1S/C15H25NO2S/c1-12-10-15(19-13(2)6-8-17)5-4-14(12)11-16-7-9-18-3/h4-5,10,13,16-17H,6-9,11H2,1-3H3. The van der Waals surface area contributed by atoms with Crippen LogP contribution in [0, 0.1) is 6.92 Å². The molecule has 3 nitrogen and oxygen atoms in total. The van der Waals surface area contributed by atoms with Crippen LogP contribution in [-0.4, -0.2) is 37.2 Å². The van der Waals surface area contributed by atoms with Gasteiger partial charge >= 0.3 is 0 Å². The number of aliphatic hydroxyl groups excluding tert-OH is 1. The first-order chi connectivity index (χ1) is 9.17. The maximum Gasteiger partial charge on any atom is 0.0587 e. The molecule has 0 spiro atoms. The van der Waals surface area contributed by atoms with E-state index in [9.17, 15) is 0 Å². The van der Waals surface area contributed by atoms with Crippen LogP contribution in [0.2, 0.25) is 0 Å². The fourth-order valence-electron chi connectivity index (χ4n) is 1.81. The molecule has 4 heteroatoms. The molecule has 0 aliphatic rings. The normalized spacial score (nSPS) is 12.6. The van der Waals surface area contributed by atoms with Gasteiger partial charge in [-0.2, -0.15) is 0 Å². The van der Waals surface area contributed by atoms with Gasteiger partial charge in [0.05, 0.1) is 6.61 Å². The molecule has 2 N–H and O–H groups in total. The molecule has 0 heterocycles. The molecule has 0 bridgehead atoms. The number of aliphatic hydroxyl groups is 1. The van der Waals surface area contributed by atoms with Crippen molar-refractivity contribution in [2.75, 3.05) is 26.9 Å². The summed E-state index contributed by atoms with van der Waals surface area (Å²) in [5.74, 6) is 0. The first-order valence-corrected chi connectivity index (χ1v) is 7.62. The second kappa shape index (κ2) is 9.37. The Balaban J connectivity index is 2.49. The lowest BCUT2D eigenvalue weighted by Crippen LogP contribution is -2.19. The van der Waals surface area contributed by atoms with Gasteiger partial charge < -0.3 is 15.2 Å². The van der Waals surface area contributed by atoms with Gasteiger partial charge in [-0.1, -0.05) is 13.0 Å². The van der Waals surface area contributed by atoms with Gasteiger partial charge in [-0.25, -0.2) is 0 Å². The molecule has 0 aliphatic heterocycles. The quantitative estimate of drug-likeness (QED) is 0.540. The van der Waals surface area contributed by atoms with Crippen LogP contribution in [0.3, 0.4) is 0 Å². The van der Waals surface area contributed by atoms with Crippen molar-refractivity contribution in [3.63, 3.8) is 0 Å². The van der Waals surface area contributed by atoms with E-state index in [-0.39, 0.29) is 6.61 Å². The molecule has 19 heavy (non-hydrogen) atoms. The highest BCUT2D eigenvalue weighted by Gasteiger charge is 2.05. The zero-order chi connectivity index (χ0) is 14.1. The highest BCUT2D eigenvalue weighted by atomic mass is 32.2. The van der Waals surface area contributed by atoms with Gasteiger partial charge in [0.15, 0.2) is 0 Å². The van der Waals surface area contributed by atoms with E-state index in [4.69, 9.17) is 9.84 Å². The number of benzene rings is 1. The number of nitrogens with one attached hydrogen (secondary N) is 1. The van der Waals surface area contributed by atoms with E-state index in [1.165, 1.54) is 16.0 Å². The number of rotatable bonds is 9. The molecule has 0 fully saturated rings. The van der Waals surface area contributed by atoms with Crippen molar-refractivity contribution in [3.8, 4) is 0 Å². The first kappa shape index (κ1) is 16.5. The lowest BCUT2D eigenvalue weighted by molar-refractivity contribution is 0.199. The Morgan fingerprint density at radius 1 is 1.42 bits per heavy atom. The summed E-state index contributed by atoms with van der Waals surface area (Å²) in [6.07, 6.45) is 0.837. The van der Waals surface area contributed by atoms with E-state index in [1.54, 1.807) is 7.11 Å². The lowest BCUT2D eigenvalue weighted by atomic mass is 10.1. The fraction of sp³-hybridized carbons (Fsp3) is 0.600. The third-order valence-corrected chi connectivity index (χ3v) is 4.15. The Kier molecular flexibility index (Phi) is 8.14. The molecule has 0 amide bonds. The molecule has 1 rings (SSSR count). The maximum atomic E-state index is 8.92. The predicted octanol–water partition coefficient (Wildman–Crippen LogP) is 2.59. The van der Waals surface area contributed by atoms with Gasteiger partial charge in [-0.3, -0.25) is 0 Å². The summed E-state index contributed by atoms with van der Waals surface area (Å²) in [4.78, 5) is 1.28. The van der Waals surface area contributed by atoms with Gasteiger partial charge in [0.25, 0.3) is 0 Å². The number of ether oxygens (including phenoxy) is 1.